The second-order valence-corrected chi connectivity index (χ2v) is 7.66. The number of amides is 2. The summed E-state index contributed by atoms with van der Waals surface area (Å²) in [6.07, 6.45) is -0.762. The van der Waals surface area contributed by atoms with E-state index in [0.29, 0.717) is 5.56 Å². The van der Waals surface area contributed by atoms with E-state index in [-0.39, 0.29) is 18.9 Å². The van der Waals surface area contributed by atoms with Gasteiger partial charge >= 0.3 is 6.09 Å². The molecular formula is C23H23FN4O5. The fraction of sp³-hybridized carbons (Fsp3) is 0.217. The van der Waals surface area contributed by atoms with E-state index in [0.717, 1.165) is 5.56 Å². The van der Waals surface area contributed by atoms with Gasteiger partial charge in [-0.1, -0.05) is 42.5 Å². The number of hydrogen-bond donors (Lipinski definition) is 4. The molecule has 10 heteroatoms. The van der Waals surface area contributed by atoms with Gasteiger partial charge in [-0.15, -0.1) is 0 Å². The number of carbonyl (C=O) groups is 2. The molecule has 0 bridgehead atoms. The quantitative estimate of drug-likeness (QED) is 0.434. The van der Waals surface area contributed by atoms with Crippen molar-refractivity contribution in [3.05, 3.63) is 93.4 Å². The van der Waals surface area contributed by atoms with Gasteiger partial charge in [0.2, 0.25) is 5.75 Å². The minimum Gasteiger partial charge on any atom is -0.501 e. The second-order valence-electron chi connectivity index (χ2n) is 7.66. The van der Waals surface area contributed by atoms with Crippen molar-refractivity contribution < 1.29 is 23.8 Å². The summed E-state index contributed by atoms with van der Waals surface area (Å²) in [4.78, 5) is 43.3. The van der Waals surface area contributed by atoms with E-state index in [2.05, 4.69) is 20.6 Å². The monoisotopic (exact) mass is 454 g/mol. The summed E-state index contributed by atoms with van der Waals surface area (Å²) in [7, 11) is 0. The highest BCUT2D eigenvalue weighted by Gasteiger charge is 2.31. The van der Waals surface area contributed by atoms with Crippen LogP contribution in [0.5, 0.6) is 5.75 Å². The van der Waals surface area contributed by atoms with E-state index in [1.54, 1.807) is 0 Å². The van der Waals surface area contributed by atoms with Crippen molar-refractivity contribution in [3.8, 4) is 5.75 Å². The van der Waals surface area contributed by atoms with E-state index < -0.39 is 40.4 Å². The molecule has 33 heavy (non-hydrogen) atoms. The van der Waals surface area contributed by atoms with Crippen LogP contribution in [-0.2, 0) is 23.4 Å². The molecule has 0 radical (unpaired) electrons. The number of hydrogen-bond acceptors (Lipinski definition) is 6. The van der Waals surface area contributed by atoms with Crippen LogP contribution in [0.1, 0.15) is 41.3 Å². The first-order valence-corrected chi connectivity index (χ1v) is 10.0. The zero-order valence-corrected chi connectivity index (χ0v) is 18.0. The van der Waals surface area contributed by atoms with Crippen molar-refractivity contribution in [1.82, 2.24) is 20.6 Å². The predicted octanol–water partition coefficient (Wildman–Crippen LogP) is 2.71. The van der Waals surface area contributed by atoms with Gasteiger partial charge in [0.1, 0.15) is 5.82 Å². The summed E-state index contributed by atoms with van der Waals surface area (Å²) < 4.78 is 18.4. The molecule has 3 aromatic rings. The lowest BCUT2D eigenvalue weighted by atomic mass is 10.1. The molecule has 1 aromatic heterocycles. The van der Waals surface area contributed by atoms with Crippen molar-refractivity contribution in [3.63, 3.8) is 0 Å². The number of benzene rings is 2. The molecule has 0 fully saturated rings. The smallest absolute Gasteiger partial charge is 0.408 e. The van der Waals surface area contributed by atoms with E-state index in [9.17, 15) is 23.9 Å². The molecule has 1 heterocycles. The Bertz CT molecular complexity index is 1190. The third-order valence-corrected chi connectivity index (χ3v) is 4.67. The Morgan fingerprint density at radius 3 is 2.30 bits per heavy atom. The summed E-state index contributed by atoms with van der Waals surface area (Å²) in [5.41, 5.74) is -1.46. The zero-order valence-electron chi connectivity index (χ0n) is 18.0. The van der Waals surface area contributed by atoms with Crippen molar-refractivity contribution in [2.24, 2.45) is 0 Å². The molecule has 0 spiro atoms. The largest absolute Gasteiger partial charge is 0.501 e. The number of aromatic hydroxyl groups is 1. The van der Waals surface area contributed by atoms with Crippen molar-refractivity contribution in [2.45, 2.75) is 32.5 Å². The maximum Gasteiger partial charge on any atom is 0.408 e. The third kappa shape index (κ3) is 6.16. The molecule has 0 aliphatic carbocycles. The number of halogens is 1. The first-order chi connectivity index (χ1) is 15.7. The lowest BCUT2D eigenvalue weighted by Gasteiger charge is -2.24. The molecule has 0 atom stereocenters. The van der Waals surface area contributed by atoms with Crippen LogP contribution >= 0.6 is 0 Å². The fourth-order valence-electron chi connectivity index (χ4n) is 2.87. The highest BCUT2D eigenvalue weighted by molar-refractivity contribution is 5.94. The Labute approximate surface area is 188 Å². The van der Waals surface area contributed by atoms with Gasteiger partial charge in [-0.05, 0) is 37.1 Å². The number of nitrogens with one attached hydrogen (secondary N) is 3. The summed E-state index contributed by atoms with van der Waals surface area (Å²) in [5.74, 6) is -2.25. The molecule has 9 nitrogen and oxygen atoms in total. The molecule has 0 saturated heterocycles. The number of aromatic nitrogens is 2. The molecular weight excluding hydrogens is 431 g/mol. The van der Waals surface area contributed by atoms with Crippen LogP contribution in [0.3, 0.4) is 0 Å². The van der Waals surface area contributed by atoms with Gasteiger partial charge in [-0.25, -0.2) is 14.2 Å². The third-order valence-electron chi connectivity index (χ3n) is 4.67. The standard InChI is InChI=1S/C23H23FN4O5/c1-23(2,33-22(32)26-13-14-6-4-3-5-7-14)21-27-17(18(29)20(31)28-21)19(30)25-12-15-8-10-16(24)11-9-15/h3-11,29H,12-13H2,1-2H3,(H,25,30)(H,26,32)(H,27,28,31). The highest BCUT2D eigenvalue weighted by atomic mass is 19.1. The van der Waals surface area contributed by atoms with Crippen molar-refractivity contribution in [2.75, 3.05) is 0 Å². The Kier molecular flexibility index (Phi) is 7.07. The summed E-state index contributed by atoms with van der Waals surface area (Å²) in [6, 6.07) is 14.6. The average molecular weight is 454 g/mol. The van der Waals surface area contributed by atoms with Gasteiger partial charge in [0, 0.05) is 13.1 Å². The highest BCUT2D eigenvalue weighted by Crippen LogP contribution is 2.22. The van der Waals surface area contributed by atoms with Crippen molar-refractivity contribution >= 4 is 12.0 Å². The van der Waals surface area contributed by atoms with Crippen LogP contribution in [0.2, 0.25) is 0 Å². The second kappa shape index (κ2) is 9.94. The lowest BCUT2D eigenvalue weighted by Crippen LogP contribution is -2.36. The Morgan fingerprint density at radius 2 is 1.64 bits per heavy atom. The van der Waals surface area contributed by atoms with E-state index >= 15 is 0 Å². The molecule has 0 aliphatic heterocycles. The topological polar surface area (TPSA) is 133 Å². The molecule has 172 valence electrons. The number of carbonyl (C=O) groups excluding carboxylic acids is 2. The van der Waals surface area contributed by atoms with Gasteiger partial charge < -0.3 is 25.5 Å². The van der Waals surface area contributed by atoms with Crippen LogP contribution in [0.25, 0.3) is 0 Å². The van der Waals surface area contributed by atoms with Gasteiger partial charge in [0.25, 0.3) is 11.5 Å². The number of nitrogens with zero attached hydrogens (tertiary/aromatic N) is 1. The number of ether oxygens (including phenoxy) is 1. The molecule has 2 amide bonds. The molecule has 4 N–H and O–H groups in total. The Morgan fingerprint density at radius 1 is 1.03 bits per heavy atom. The summed E-state index contributed by atoms with van der Waals surface area (Å²) >= 11 is 0. The maximum absolute atomic E-state index is 13.0. The van der Waals surface area contributed by atoms with Crippen LogP contribution in [0.4, 0.5) is 9.18 Å². The first kappa shape index (κ1) is 23.5. The molecule has 3 rings (SSSR count). The molecule has 2 aromatic carbocycles. The van der Waals surface area contributed by atoms with Crippen LogP contribution in [-0.4, -0.2) is 27.1 Å². The zero-order chi connectivity index (χ0) is 24.0. The number of aromatic amines is 1. The lowest BCUT2D eigenvalue weighted by molar-refractivity contribution is 0.0291. The van der Waals surface area contributed by atoms with Crippen LogP contribution < -0.4 is 16.2 Å². The summed E-state index contributed by atoms with van der Waals surface area (Å²) in [5, 5.41) is 15.1. The number of rotatable bonds is 7. The van der Waals surface area contributed by atoms with E-state index in [1.165, 1.54) is 38.1 Å². The number of H-pyrrole nitrogens is 1. The van der Waals surface area contributed by atoms with E-state index in [1.807, 2.05) is 30.3 Å². The Balaban J connectivity index is 1.71. The molecule has 0 saturated carbocycles. The van der Waals surface area contributed by atoms with Crippen LogP contribution in [0.15, 0.2) is 59.4 Å². The van der Waals surface area contributed by atoms with Gasteiger partial charge in [-0.3, -0.25) is 9.59 Å². The minimum atomic E-state index is -1.43. The first-order valence-electron chi connectivity index (χ1n) is 10.0. The number of alkyl carbamates (subject to hydrolysis) is 1. The van der Waals surface area contributed by atoms with Crippen molar-refractivity contribution in [1.29, 1.82) is 0 Å². The normalized spacial score (nSPS) is 11.0. The minimum absolute atomic E-state index is 0.0180. The Hall–Kier alpha value is -4.21. The predicted molar refractivity (Wildman–Crippen MR) is 117 cm³/mol. The molecule has 0 aliphatic rings. The van der Waals surface area contributed by atoms with Gasteiger partial charge in [0.05, 0.1) is 0 Å². The van der Waals surface area contributed by atoms with E-state index in [4.69, 9.17) is 4.74 Å². The van der Waals surface area contributed by atoms with Gasteiger partial charge in [-0.2, -0.15) is 0 Å². The molecule has 0 unspecified atom stereocenters. The van der Waals surface area contributed by atoms with Crippen LogP contribution in [0, 0.1) is 5.82 Å². The van der Waals surface area contributed by atoms with Gasteiger partial charge in [0.15, 0.2) is 17.1 Å². The fourth-order valence-corrected chi connectivity index (χ4v) is 2.87. The maximum atomic E-state index is 13.0. The average Bonchev–Trinajstić information content (AvgIpc) is 2.79. The SMILES string of the molecule is CC(C)(OC(=O)NCc1ccccc1)c1nc(C(=O)NCc2ccc(F)cc2)c(O)c(=O)[nH]1. The summed E-state index contributed by atoms with van der Waals surface area (Å²) in [6.45, 7) is 3.20.